The molecule has 168 valence electrons. The monoisotopic (exact) mass is 472 g/mol. The van der Waals surface area contributed by atoms with Crippen LogP contribution in [0.1, 0.15) is 22.8 Å². The fourth-order valence-corrected chi connectivity index (χ4v) is 5.07. The van der Waals surface area contributed by atoms with Crippen LogP contribution in [0.5, 0.6) is 5.75 Å². The first kappa shape index (κ1) is 23.6. The molecular weight excluding hydrogens is 448 g/mol. The van der Waals surface area contributed by atoms with E-state index >= 15 is 0 Å². The van der Waals surface area contributed by atoms with Gasteiger partial charge in [0.1, 0.15) is 5.75 Å². The van der Waals surface area contributed by atoms with E-state index in [2.05, 4.69) is 0 Å². The van der Waals surface area contributed by atoms with Gasteiger partial charge in [0.15, 0.2) is 0 Å². The Kier molecular flexibility index (Phi) is 7.43. The highest BCUT2D eigenvalue weighted by atomic mass is 35.5. The van der Waals surface area contributed by atoms with Gasteiger partial charge in [-0.05, 0) is 61.5 Å². The Labute approximate surface area is 194 Å². The zero-order valence-electron chi connectivity index (χ0n) is 18.2. The number of methoxy groups -OCH3 is 1. The van der Waals surface area contributed by atoms with Crippen molar-refractivity contribution < 1.29 is 17.9 Å². The van der Waals surface area contributed by atoms with E-state index in [1.54, 1.807) is 63.5 Å². The standard InChI is InChI=1S/C24H25ClN2O4S/c1-4-27(21-8-6-5-7-9-21)32(29,30)22-13-10-18(11-14-22)24(28)26(2)17-19-16-20(25)12-15-23(19)31-3/h5-16H,4,17H2,1-3H3. The summed E-state index contributed by atoms with van der Waals surface area (Å²) in [5.41, 5.74) is 1.75. The van der Waals surface area contributed by atoms with Gasteiger partial charge >= 0.3 is 0 Å². The number of carbonyl (C=O) groups is 1. The smallest absolute Gasteiger partial charge is 0.264 e. The molecule has 6 nitrogen and oxygen atoms in total. The molecular formula is C24H25ClN2O4S. The van der Waals surface area contributed by atoms with Gasteiger partial charge in [0.2, 0.25) is 0 Å². The number of hydrogen-bond acceptors (Lipinski definition) is 4. The number of para-hydroxylation sites is 1. The molecule has 0 aliphatic rings. The molecule has 0 fully saturated rings. The number of hydrogen-bond donors (Lipinski definition) is 0. The van der Waals surface area contributed by atoms with Crippen molar-refractivity contribution in [1.29, 1.82) is 0 Å². The van der Waals surface area contributed by atoms with Crippen LogP contribution in [0, 0.1) is 0 Å². The van der Waals surface area contributed by atoms with Crippen molar-refractivity contribution in [3.63, 3.8) is 0 Å². The molecule has 0 heterocycles. The van der Waals surface area contributed by atoms with E-state index in [0.717, 1.165) is 5.56 Å². The number of nitrogens with zero attached hydrogens (tertiary/aromatic N) is 2. The van der Waals surface area contributed by atoms with Gasteiger partial charge in [0.25, 0.3) is 15.9 Å². The van der Waals surface area contributed by atoms with E-state index in [-0.39, 0.29) is 17.3 Å². The lowest BCUT2D eigenvalue weighted by Crippen LogP contribution is -2.31. The lowest BCUT2D eigenvalue weighted by Gasteiger charge is -2.23. The number of anilines is 1. The van der Waals surface area contributed by atoms with E-state index in [0.29, 0.717) is 28.6 Å². The first-order valence-electron chi connectivity index (χ1n) is 10.0. The lowest BCUT2D eigenvalue weighted by atomic mass is 10.1. The van der Waals surface area contributed by atoms with Gasteiger partial charge in [-0.25, -0.2) is 8.42 Å². The van der Waals surface area contributed by atoms with Gasteiger partial charge in [-0.15, -0.1) is 0 Å². The number of amides is 1. The molecule has 32 heavy (non-hydrogen) atoms. The van der Waals surface area contributed by atoms with Crippen LogP contribution in [0.25, 0.3) is 0 Å². The molecule has 0 saturated carbocycles. The van der Waals surface area contributed by atoms with Crippen molar-refractivity contribution in [3.8, 4) is 5.75 Å². The van der Waals surface area contributed by atoms with E-state index in [1.807, 2.05) is 6.07 Å². The molecule has 0 saturated heterocycles. The Bertz CT molecular complexity index is 1180. The van der Waals surface area contributed by atoms with Crippen LogP contribution in [0.2, 0.25) is 5.02 Å². The molecule has 0 spiro atoms. The largest absolute Gasteiger partial charge is 0.496 e. The minimum absolute atomic E-state index is 0.124. The number of rotatable bonds is 8. The average Bonchev–Trinajstić information content (AvgIpc) is 2.80. The highest BCUT2D eigenvalue weighted by Crippen LogP contribution is 2.26. The Morgan fingerprint density at radius 1 is 1.00 bits per heavy atom. The second-order valence-electron chi connectivity index (χ2n) is 7.15. The van der Waals surface area contributed by atoms with Crippen molar-refractivity contribution in [1.82, 2.24) is 4.90 Å². The van der Waals surface area contributed by atoms with Crippen LogP contribution < -0.4 is 9.04 Å². The quantitative estimate of drug-likeness (QED) is 0.470. The molecule has 0 bridgehead atoms. The maximum Gasteiger partial charge on any atom is 0.264 e. The minimum atomic E-state index is -3.75. The predicted molar refractivity (Wildman–Crippen MR) is 127 cm³/mol. The Hall–Kier alpha value is -3.03. The summed E-state index contributed by atoms with van der Waals surface area (Å²) in [6, 6.07) is 20.1. The number of halogens is 1. The maximum absolute atomic E-state index is 13.1. The zero-order valence-corrected chi connectivity index (χ0v) is 19.7. The summed E-state index contributed by atoms with van der Waals surface area (Å²) < 4.78 is 32.9. The van der Waals surface area contributed by atoms with Crippen molar-refractivity contribution in [2.45, 2.75) is 18.4 Å². The highest BCUT2D eigenvalue weighted by molar-refractivity contribution is 7.92. The Morgan fingerprint density at radius 3 is 2.25 bits per heavy atom. The molecule has 3 aromatic rings. The molecule has 0 aliphatic carbocycles. The van der Waals surface area contributed by atoms with Crippen LogP contribution in [-0.2, 0) is 16.6 Å². The Morgan fingerprint density at radius 2 is 1.66 bits per heavy atom. The van der Waals surface area contributed by atoms with E-state index in [1.165, 1.54) is 33.5 Å². The fourth-order valence-electron chi connectivity index (χ4n) is 3.40. The third-order valence-electron chi connectivity index (χ3n) is 5.02. The molecule has 3 rings (SSSR count). The predicted octanol–water partition coefficient (Wildman–Crippen LogP) is 4.84. The molecule has 1 amide bonds. The lowest BCUT2D eigenvalue weighted by molar-refractivity contribution is 0.0784. The van der Waals surface area contributed by atoms with Gasteiger partial charge in [-0.2, -0.15) is 0 Å². The second-order valence-corrected chi connectivity index (χ2v) is 9.45. The van der Waals surface area contributed by atoms with Gasteiger partial charge in [-0.3, -0.25) is 9.10 Å². The SMILES string of the molecule is CCN(c1ccccc1)S(=O)(=O)c1ccc(C(=O)N(C)Cc2cc(Cl)ccc2OC)cc1. The average molecular weight is 473 g/mol. The zero-order chi connectivity index (χ0) is 23.3. The topological polar surface area (TPSA) is 66.9 Å². The minimum Gasteiger partial charge on any atom is -0.496 e. The summed E-state index contributed by atoms with van der Waals surface area (Å²) in [5, 5.41) is 0.551. The van der Waals surface area contributed by atoms with Crippen LogP contribution >= 0.6 is 11.6 Å². The van der Waals surface area contributed by atoms with Crippen molar-refractivity contribution in [2.24, 2.45) is 0 Å². The molecule has 0 radical (unpaired) electrons. The van der Waals surface area contributed by atoms with Gasteiger partial charge < -0.3 is 9.64 Å². The number of ether oxygens (including phenoxy) is 1. The van der Waals surface area contributed by atoms with Gasteiger partial charge in [-0.1, -0.05) is 29.8 Å². The number of benzene rings is 3. The third kappa shape index (κ3) is 5.06. The van der Waals surface area contributed by atoms with E-state index < -0.39 is 10.0 Å². The van der Waals surface area contributed by atoms with Crippen molar-refractivity contribution in [2.75, 3.05) is 25.0 Å². The van der Waals surface area contributed by atoms with Crippen molar-refractivity contribution >= 4 is 33.2 Å². The molecule has 8 heteroatoms. The summed E-state index contributed by atoms with van der Waals surface area (Å²) in [4.78, 5) is 14.6. The summed E-state index contributed by atoms with van der Waals surface area (Å²) in [7, 11) is -0.525. The first-order valence-corrected chi connectivity index (χ1v) is 11.9. The second kappa shape index (κ2) is 10.1. The van der Waals surface area contributed by atoms with E-state index in [4.69, 9.17) is 16.3 Å². The molecule has 0 atom stereocenters. The molecule has 0 aliphatic heterocycles. The first-order chi connectivity index (χ1) is 15.3. The maximum atomic E-state index is 13.1. The fraction of sp³-hybridized carbons (Fsp3) is 0.208. The normalized spacial score (nSPS) is 11.1. The van der Waals surface area contributed by atoms with E-state index in [9.17, 15) is 13.2 Å². The highest BCUT2D eigenvalue weighted by Gasteiger charge is 2.24. The third-order valence-corrected chi connectivity index (χ3v) is 7.17. The summed E-state index contributed by atoms with van der Waals surface area (Å²) in [6.45, 7) is 2.36. The summed E-state index contributed by atoms with van der Waals surface area (Å²) >= 11 is 6.08. The Balaban J connectivity index is 1.80. The molecule has 0 unspecified atom stereocenters. The van der Waals surface area contributed by atoms with Crippen LogP contribution in [-0.4, -0.2) is 39.9 Å². The number of sulfonamides is 1. The molecule has 0 N–H and O–H groups in total. The molecule has 0 aromatic heterocycles. The molecule has 3 aromatic carbocycles. The van der Waals surface area contributed by atoms with Crippen LogP contribution in [0.15, 0.2) is 77.7 Å². The van der Waals surface area contributed by atoms with Gasteiger partial charge in [0.05, 0.1) is 17.7 Å². The summed E-state index contributed by atoms with van der Waals surface area (Å²) in [5.74, 6) is 0.391. The number of carbonyl (C=O) groups excluding carboxylic acids is 1. The van der Waals surface area contributed by atoms with Crippen LogP contribution in [0.3, 0.4) is 0 Å². The van der Waals surface area contributed by atoms with Crippen LogP contribution in [0.4, 0.5) is 5.69 Å². The van der Waals surface area contributed by atoms with Gasteiger partial charge in [0, 0.05) is 36.3 Å². The summed E-state index contributed by atoms with van der Waals surface area (Å²) in [6.07, 6.45) is 0. The van der Waals surface area contributed by atoms with Crippen molar-refractivity contribution in [3.05, 3.63) is 88.9 Å².